The van der Waals surface area contributed by atoms with Gasteiger partial charge in [-0.05, 0) is 62.2 Å². The molecule has 0 radical (unpaired) electrons. The molecule has 0 spiro atoms. The normalized spacial score (nSPS) is 10.9. The molecule has 0 aliphatic carbocycles. The lowest BCUT2D eigenvalue weighted by atomic mass is 10.1. The third-order valence-electron chi connectivity index (χ3n) is 5.52. The average Bonchev–Trinajstić information content (AvgIpc) is 3.14. The summed E-state index contributed by atoms with van der Waals surface area (Å²) in [4.78, 5) is 17.7. The molecule has 0 unspecified atom stereocenters. The number of amides is 1. The van der Waals surface area contributed by atoms with Crippen molar-refractivity contribution < 1.29 is 14.3 Å². The zero-order chi connectivity index (χ0) is 23.2. The number of aromatic nitrogens is 2. The van der Waals surface area contributed by atoms with Crippen LogP contribution in [0.5, 0.6) is 11.5 Å². The summed E-state index contributed by atoms with van der Waals surface area (Å²) in [6.07, 6.45) is 1.78. The average molecular weight is 444 g/mol. The molecule has 0 aliphatic rings. The first-order chi connectivity index (χ1) is 16.1. The highest BCUT2D eigenvalue weighted by molar-refractivity contribution is 6.05. The van der Waals surface area contributed by atoms with Crippen LogP contribution in [0.25, 0.3) is 11.0 Å². The molecule has 4 aromatic rings. The highest BCUT2D eigenvalue weighted by atomic mass is 16.5. The van der Waals surface area contributed by atoms with Crippen LogP contribution in [0.1, 0.15) is 35.6 Å². The van der Waals surface area contributed by atoms with Gasteiger partial charge in [0.25, 0.3) is 5.91 Å². The maximum absolute atomic E-state index is 12.9. The van der Waals surface area contributed by atoms with E-state index in [1.54, 1.807) is 18.2 Å². The second-order valence-electron chi connectivity index (χ2n) is 7.76. The summed E-state index contributed by atoms with van der Waals surface area (Å²) in [5, 5.41) is 2.97. The number of anilines is 1. The molecule has 6 nitrogen and oxygen atoms in total. The van der Waals surface area contributed by atoms with E-state index < -0.39 is 0 Å². The van der Waals surface area contributed by atoms with Gasteiger partial charge in [-0.1, -0.05) is 30.3 Å². The van der Waals surface area contributed by atoms with E-state index in [4.69, 9.17) is 14.5 Å². The summed E-state index contributed by atoms with van der Waals surface area (Å²) in [5.41, 5.74) is 4.40. The molecule has 0 bridgehead atoms. The molecule has 1 N–H and O–H groups in total. The topological polar surface area (TPSA) is 65.4 Å². The second kappa shape index (κ2) is 10.2. The zero-order valence-electron chi connectivity index (χ0n) is 19.3. The van der Waals surface area contributed by atoms with Crippen LogP contribution in [0.15, 0.2) is 66.7 Å². The number of hydrogen-bond donors (Lipinski definition) is 1. The summed E-state index contributed by atoms with van der Waals surface area (Å²) < 4.78 is 13.3. The molecule has 0 atom stereocenters. The van der Waals surface area contributed by atoms with E-state index in [-0.39, 0.29) is 5.91 Å². The molecule has 1 amide bonds. The Morgan fingerprint density at radius 1 is 0.909 bits per heavy atom. The van der Waals surface area contributed by atoms with Crippen LogP contribution in [-0.2, 0) is 19.9 Å². The summed E-state index contributed by atoms with van der Waals surface area (Å²) in [6, 6.07) is 21.4. The smallest absolute Gasteiger partial charge is 0.255 e. The monoisotopic (exact) mass is 443 g/mol. The minimum Gasteiger partial charge on any atom is -0.490 e. The SMILES string of the molecule is CCOc1ccc(C(=O)Nc2ccc3c(c2)nc(CCc2ccccc2)n3C)cc1OCC. The van der Waals surface area contributed by atoms with Crippen molar-refractivity contribution in [1.29, 1.82) is 0 Å². The lowest BCUT2D eigenvalue weighted by Crippen LogP contribution is -2.12. The number of carbonyl (C=O) groups excluding carboxylic acids is 1. The van der Waals surface area contributed by atoms with Gasteiger partial charge in [0.15, 0.2) is 11.5 Å². The molecule has 1 aromatic heterocycles. The molecule has 6 heteroatoms. The molecular formula is C27H29N3O3. The summed E-state index contributed by atoms with van der Waals surface area (Å²) in [7, 11) is 2.03. The minimum absolute atomic E-state index is 0.210. The van der Waals surface area contributed by atoms with Crippen LogP contribution >= 0.6 is 0 Å². The number of carbonyl (C=O) groups is 1. The van der Waals surface area contributed by atoms with Crippen LogP contribution < -0.4 is 14.8 Å². The van der Waals surface area contributed by atoms with Crippen molar-refractivity contribution in [1.82, 2.24) is 9.55 Å². The van der Waals surface area contributed by atoms with Crippen molar-refractivity contribution >= 4 is 22.6 Å². The second-order valence-corrected chi connectivity index (χ2v) is 7.76. The van der Waals surface area contributed by atoms with Gasteiger partial charge in [-0.3, -0.25) is 4.79 Å². The van der Waals surface area contributed by atoms with Crippen LogP contribution in [0.2, 0.25) is 0 Å². The van der Waals surface area contributed by atoms with E-state index in [1.165, 1.54) is 5.56 Å². The van der Waals surface area contributed by atoms with E-state index in [0.717, 1.165) is 29.7 Å². The predicted octanol–water partition coefficient (Wildman–Crippen LogP) is 5.41. The largest absolute Gasteiger partial charge is 0.490 e. The molecule has 0 fully saturated rings. The molecule has 0 saturated heterocycles. The van der Waals surface area contributed by atoms with Crippen LogP contribution in [-0.4, -0.2) is 28.7 Å². The molecule has 33 heavy (non-hydrogen) atoms. The van der Waals surface area contributed by atoms with Crippen molar-refractivity contribution in [2.45, 2.75) is 26.7 Å². The number of rotatable bonds is 9. The number of hydrogen-bond acceptors (Lipinski definition) is 4. The maximum atomic E-state index is 12.9. The van der Waals surface area contributed by atoms with Crippen molar-refractivity contribution in [2.75, 3.05) is 18.5 Å². The molecule has 3 aromatic carbocycles. The van der Waals surface area contributed by atoms with E-state index in [2.05, 4.69) is 34.1 Å². The predicted molar refractivity (Wildman–Crippen MR) is 131 cm³/mol. The van der Waals surface area contributed by atoms with E-state index in [0.29, 0.717) is 36.0 Å². The standard InChI is InChI=1S/C27H29N3O3/c1-4-32-24-15-12-20(17-25(24)33-5-2)27(31)28-21-13-14-23-22(18-21)29-26(30(23)3)16-11-19-9-7-6-8-10-19/h6-10,12-15,17-18H,4-5,11,16H2,1-3H3,(H,28,31). The van der Waals surface area contributed by atoms with Crippen molar-refractivity contribution in [3.05, 3.63) is 83.7 Å². The van der Waals surface area contributed by atoms with Gasteiger partial charge >= 0.3 is 0 Å². The van der Waals surface area contributed by atoms with Gasteiger partial charge in [0.1, 0.15) is 5.82 Å². The number of fused-ring (bicyclic) bond motifs is 1. The minimum atomic E-state index is -0.210. The summed E-state index contributed by atoms with van der Waals surface area (Å²) >= 11 is 0. The van der Waals surface area contributed by atoms with Gasteiger partial charge in [0, 0.05) is 24.7 Å². The fourth-order valence-corrected chi connectivity index (χ4v) is 3.85. The third-order valence-corrected chi connectivity index (χ3v) is 5.52. The Morgan fingerprint density at radius 3 is 2.42 bits per heavy atom. The van der Waals surface area contributed by atoms with Crippen LogP contribution in [0.3, 0.4) is 0 Å². The Bertz CT molecular complexity index is 1250. The van der Waals surface area contributed by atoms with Gasteiger partial charge in [0.05, 0.1) is 24.2 Å². The maximum Gasteiger partial charge on any atom is 0.255 e. The molecule has 170 valence electrons. The fraction of sp³-hybridized carbons (Fsp3) is 0.259. The Labute approximate surface area is 194 Å². The Balaban J connectivity index is 1.50. The lowest BCUT2D eigenvalue weighted by molar-refractivity contribution is 0.102. The molecule has 0 aliphatic heterocycles. The van der Waals surface area contributed by atoms with E-state index in [9.17, 15) is 4.79 Å². The Morgan fingerprint density at radius 2 is 1.67 bits per heavy atom. The van der Waals surface area contributed by atoms with Gasteiger partial charge in [-0.25, -0.2) is 4.98 Å². The van der Waals surface area contributed by atoms with Gasteiger partial charge in [-0.15, -0.1) is 0 Å². The van der Waals surface area contributed by atoms with Crippen LogP contribution in [0.4, 0.5) is 5.69 Å². The number of aryl methyl sites for hydroxylation is 3. The molecular weight excluding hydrogens is 414 g/mol. The van der Waals surface area contributed by atoms with Crippen molar-refractivity contribution in [3.63, 3.8) is 0 Å². The van der Waals surface area contributed by atoms with E-state index in [1.807, 2.05) is 45.2 Å². The number of nitrogens with one attached hydrogen (secondary N) is 1. The van der Waals surface area contributed by atoms with Gasteiger partial charge in [0.2, 0.25) is 0 Å². The first-order valence-corrected chi connectivity index (χ1v) is 11.3. The summed E-state index contributed by atoms with van der Waals surface area (Å²) in [5.74, 6) is 2.01. The molecule has 0 saturated carbocycles. The number of ether oxygens (including phenoxy) is 2. The van der Waals surface area contributed by atoms with Crippen molar-refractivity contribution in [2.24, 2.45) is 7.05 Å². The molecule has 4 rings (SSSR count). The number of benzene rings is 3. The number of imidazole rings is 1. The zero-order valence-corrected chi connectivity index (χ0v) is 19.3. The first kappa shape index (κ1) is 22.4. The quantitative estimate of drug-likeness (QED) is 0.376. The summed E-state index contributed by atoms with van der Waals surface area (Å²) in [6.45, 7) is 4.84. The first-order valence-electron chi connectivity index (χ1n) is 11.3. The fourth-order valence-electron chi connectivity index (χ4n) is 3.85. The lowest BCUT2D eigenvalue weighted by Gasteiger charge is -2.12. The Kier molecular flexibility index (Phi) is 6.93. The van der Waals surface area contributed by atoms with Crippen molar-refractivity contribution in [3.8, 4) is 11.5 Å². The highest BCUT2D eigenvalue weighted by Crippen LogP contribution is 2.29. The highest BCUT2D eigenvalue weighted by Gasteiger charge is 2.14. The number of nitrogens with zero attached hydrogens (tertiary/aromatic N) is 2. The van der Waals surface area contributed by atoms with Gasteiger partial charge in [-0.2, -0.15) is 0 Å². The van der Waals surface area contributed by atoms with E-state index >= 15 is 0 Å². The van der Waals surface area contributed by atoms with Crippen LogP contribution in [0, 0.1) is 0 Å². The molecule has 1 heterocycles. The van der Waals surface area contributed by atoms with Gasteiger partial charge < -0.3 is 19.4 Å². The third kappa shape index (κ3) is 5.17. The Hall–Kier alpha value is -3.80.